The first-order chi connectivity index (χ1) is 11.5. The normalized spacial score (nSPS) is 10.6. The van der Waals surface area contributed by atoms with Gasteiger partial charge < -0.3 is 16.4 Å². The minimum Gasteiger partial charge on any atom is -0.399 e. The van der Waals surface area contributed by atoms with Gasteiger partial charge in [0.2, 0.25) is 0 Å². The zero-order valence-corrected chi connectivity index (χ0v) is 13.0. The second-order valence-electron chi connectivity index (χ2n) is 5.09. The molecule has 4 N–H and O–H groups in total. The third-order valence-electron chi connectivity index (χ3n) is 3.19. The molecular formula is C18H16N4O2. The van der Waals surface area contributed by atoms with Crippen molar-refractivity contribution in [3.63, 3.8) is 0 Å². The number of amides is 2. The first-order valence-electron chi connectivity index (χ1n) is 7.14. The number of aryl methyl sites for hydroxylation is 1. The van der Waals surface area contributed by atoms with E-state index in [1.54, 1.807) is 42.5 Å². The molecule has 0 heterocycles. The summed E-state index contributed by atoms with van der Waals surface area (Å²) in [5.41, 5.74) is 7.88. The number of benzene rings is 2. The number of hydrogen-bond donors (Lipinski definition) is 3. The number of nitrogen functional groups attached to an aromatic ring is 1. The highest BCUT2D eigenvalue weighted by Crippen LogP contribution is 2.10. The van der Waals surface area contributed by atoms with E-state index < -0.39 is 11.8 Å². The van der Waals surface area contributed by atoms with Crippen LogP contribution in [0.3, 0.4) is 0 Å². The molecule has 0 atom stereocenters. The van der Waals surface area contributed by atoms with Crippen molar-refractivity contribution in [1.82, 2.24) is 5.32 Å². The Morgan fingerprint density at radius 2 is 1.71 bits per heavy atom. The molecule has 6 nitrogen and oxygen atoms in total. The van der Waals surface area contributed by atoms with Gasteiger partial charge in [0.25, 0.3) is 11.8 Å². The smallest absolute Gasteiger partial charge is 0.267 e. The predicted molar refractivity (Wildman–Crippen MR) is 91.8 cm³/mol. The SMILES string of the molecule is Cc1ccc(NC(=O)/C(C#N)=C\NC(=O)c2ccc(N)cc2)cc1. The average molecular weight is 320 g/mol. The summed E-state index contributed by atoms with van der Waals surface area (Å²) in [5, 5.41) is 14.1. The van der Waals surface area contributed by atoms with E-state index in [-0.39, 0.29) is 5.57 Å². The number of rotatable bonds is 4. The van der Waals surface area contributed by atoms with Crippen LogP contribution in [0, 0.1) is 18.3 Å². The molecule has 6 heteroatoms. The van der Waals surface area contributed by atoms with Crippen LogP contribution in [0.1, 0.15) is 15.9 Å². The Morgan fingerprint density at radius 3 is 2.29 bits per heavy atom. The number of carbonyl (C=O) groups excluding carboxylic acids is 2. The molecule has 2 aromatic rings. The molecule has 0 fully saturated rings. The van der Waals surface area contributed by atoms with Gasteiger partial charge in [-0.25, -0.2) is 0 Å². The topological polar surface area (TPSA) is 108 Å². The van der Waals surface area contributed by atoms with Crippen molar-refractivity contribution in [3.8, 4) is 6.07 Å². The Balaban J connectivity index is 2.04. The Hall–Kier alpha value is -3.59. The zero-order chi connectivity index (χ0) is 17.5. The summed E-state index contributed by atoms with van der Waals surface area (Å²) in [6.07, 6.45) is 1.09. The molecule has 0 aliphatic heterocycles. The second-order valence-corrected chi connectivity index (χ2v) is 5.09. The number of nitrogens with one attached hydrogen (secondary N) is 2. The van der Waals surface area contributed by atoms with Gasteiger partial charge in [0.05, 0.1) is 0 Å². The lowest BCUT2D eigenvalue weighted by atomic mass is 10.2. The Labute approximate surface area is 139 Å². The van der Waals surface area contributed by atoms with Gasteiger partial charge in [-0.15, -0.1) is 0 Å². The molecule has 0 saturated carbocycles. The Morgan fingerprint density at radius 1 is 1.08 bits per heavy atom. The summed E-state index contributed by atoms with van der Waals surface area (Å²) in [6, 6.07) is 15.2. The zero-order valence-electron chi connectivity index (χ0n) is 13.0. The van der Waals surface area contributed by atoms with Gasteiger partial charge in [0, 0.05) is 23.1 Å². The van der Waals surface area contributed by atoms with Crippen LogP contribution in [0.15, 0.2) is 60.3 Å². The summed E-state index contributed by atoms with van der Waals surface area (Å²) < 4.78 is 0. The minimum atomic E-state index is -0.598. The van der Waals surface area contributed by atoms with Crippen molar-refractivity contribution in [3.05, 3.63) is 71.4 Å². The average Bonchev–Trinajstić information content (AvgIpc) is 2.58. The lowest BCUT2D eigenvalue weighted by Crippen LogP contribution is -2.21. The first-order valence-corrected chi connectivity index (χ1v) is 7.14. The molecule has 2 amide bonds. The molecule has 0 radical (unpaired) electrons. The molecule has 0 unspecified atom stereocenters. The summed E-state index contributed by atoms with van der Waals surface area (Å²) in [6.45, 7) is 1.93. The molecule has 0 aromatic heterocycles. The number of anilines is 2. The molecule has 0 bridgehead atoms. The summed E-state index contributed by atoms with van der Waals surface area (Å²) >= 11 is 0. The predicted octanol–water partition coefficient (Wildman–Crippen LogP) is 2.35. The molecule has 0 aliphatic carbocycles. The van der Waals surface area contributed by atoms with Crippen molar-refractivity contribution in [2.45, 2.75) is 6.92 Å². The van der Waals surface area contributed by atoms with Crippen molar-refractivity contribution < 1.29 is 9.59 Å². The minimum absolute atomic E-state index is 0.209. The van der Waals surface area contributed by atoms with Gasteiger partial charge in [0.15, 0.2) is 0 Å². The van der Waals surface area contributed by atoms with E-state index in [4.69, 9.17) is 11.0 Å². The third-order valence-corrected chi connectivity index (χ3v) is 3.19. The van der Waals surface area contributed by atoms with Gasteiger partial charge in [-0.05, 0) is 43.3 Å². The molecule has 0 saturated heterocycles. The van der Waals surface area contributed by atoms with Gasteiger partial charge in [-0.3, -0.25) is 9.59 Å². The van der Waals surface area contributed by atoms with Gasteiger partial charge in [-0.2, -0.15) is 5.26 Å². The van der Waals surface area contributed by atoms with Crippen molar-refractivity contribution in [2.24, 2.45) is 0 Å². The monoisotopic (exact) mass is 320 g/mol. The quantitative estimate of drug-likeness (QED) is 0.456. The van der Waals surface area contributed by atoms with Gasteiger partial charge in [-0.1, -0.05) is 17.7 Å². The lowest BCUT2D eigenvalue weighted by Gasteiger charge is -2.05. The number of hydrogen-bond acceptors (Lipinski definition) is 4. The Bertz CT molecular complexity index is 816. The molecule has 2 aromatic carbocycles. The first kappa shape index (κ1) is 16.8. The molecule has 0 aliphatic rings. The van der Waals surface area contributed by atoms with E-state index in [1.165, 1.54) is 0 Å². The number of nitrogens with zero attached hydrogens (tertiary/aromatic N) is 1. The van der Waals surface area contributed by atoms with Crippen LogP contribution in [0.5, 0.6) is 0 Å². The van der Waals surface area contributed by atoms with Gasteiger partial charge >= 0.3 is 0 Å². The largest absolute Gasteiger partial charge is 0.399 e. The molecule has 0 spiro atoms. The third kappa shape index (κ3) is 4.45. The maximum Gasteiger partial charge on any atom is 0.267 e. The second kappa shape index (κ2) is 7.61. The number of carbonyl (C=O) groups is 2. The maximum absolute atomic E-state index is 12.1. The van der Waals surface area contributed by atoms with Crippen LogP contribution >= 0.6 is 0 Å². The molecular weight excluding hydrogens is 304 g/mol. The van der Waals surface area contributed by atoms with E-state index in [2.05, 4.69) is 10.6 Å². The fourth-order valence-electron chi connectivity index (χ4n) is 1.84. The fraction of sp³-hybridized carbons (Fsp3) is 0.0556. The van der Waals surface area contributed by atoms with Crippen molar-refractivity contribution >= 4 is 23.2 Å². The van der Waals surface area contributed by atoms with Crippen LogP contribution in [-0.4, -0.2) is 11.8 Å². The maximum atomic E-state index is 12.1. The van der Waals surface area contributed by atoms with Crippen LogP contribution in [0.2, 0.25) is 0 Å². The fourth-order valence-corrected chi connectivity index (χ4v) is 1.84. The number of nitrogens with two attached hydrogens (primary N) is 1. The highest BCUT2D eigenvalue weighted by molar-refractivity contribution is 6.07. The standard InChI is InChI=1S/C18H16N4O2/c1-12-2-8-16(9-3-12)22-18(24)14(10-19)11-21-17(23)13-4-6-15(20)7-5-13/h2-9,11H,20H2,1H3,(H,21,23)(H,22,24)/b14-11-. The number of nitriles is 1. The highest BCUT2D eigenvalue weighted by atomic mass is 16.2. The molecule has 120 valence electrons. The molecule has 24 heavy (non-hydrogen) atoms. The van der Waals surface area contributed by atoms with E-state index in [9.17, 15) is 9.59 Å². The van der Waals surface area contributed by atoms with Crippen molar-refractivity contribution in [2.75, 3.05) is 11.1 Å². The lowest BCUT2D eigenvalue weighted by molar-refractivity contribution is -0.112. The Kier molecular flexibility index (Phi) is 5.32. The van der Waals surface area contributed by atoms with Crippen LogP contribution in [0.25, 0.3) is 0 Å². The molecule has 2 rings (SSSR count). The van der Waals surface area contributed by atoms with E-state index in [0.29, 0.717) is 16.9 Å². The summed E-state index contributed by atoms with van der Waals surface area (Å²) in [5.74, 6) is -1.04. The van der Waals surface area contributed by atoms with Crippen LogP contribution in [0.4, 0.5) is 11.4 Å². The van der Waals surface area contributed by atoms with E-state index in [0.717, 1.165) is 11.8 Å². The van der Waals surface area contributed by atoms with Gasteiger partial charge in [0.1, 0.15) is 11.6 Å². The highest BCUT2D eigenvalue weighted by Gasteiger charge is 2.10. The van der Waals surface area contributed by atoms with E-state index in [1.807, 2.05) is 19.1 Å². The summed E-state index contributed by atoms with van der Waals surface area (Å²) in [7, 11) is 0. The van der Waals surface area contributed by atoms with Crippen LogP contribution in [-0.2, 0) is 4.79 Å². The van der Waals surface area contributed by atoms with Crippen molar-refractivity contribution in [1.29, 1.82) is 5.26 Å². The summed E-state index contributed by atoms with van der Waals surface area (Å²) in [4.78, 5) is 24.0. The van der Waals surface area contributed by atoms with E-state index >= 15 is 0 Å². The van der Waals surface area contributed by atoms with Crippen LogP contribution < -0.4 is 16.4 Å².